The molecule has 0 aliphatic carbocycles. The number of pyridine rings is 4. The number of para-hydroxylation sites is 2. The first-order valence-corrected chi connectivity index (χ1v) is 25.9. The summed E-state index contributed by atoms with van der Waals surface area (Å²) in [5.41, 5.74) is 18.1. The topological polar surface area (TPSA) is 119 Å². The summed E-state index contributed by atoms with van der Waals surface area (Å²) in [5.74, 6) is 1.58. The second-order valence-electron chi connectivity index (χ2n) is 20.7. The molecule has 0 aliphatic heterocycles. The first-order chi connectivity index (χ1) is 37.8. The van der Waals surface area contributed by atoms with Gasteiger partial charge < -0.3 is 22.7 Å². The van der Waals surface area contributed by atoms with E-state index in [0.717, 1.165) is 177 Å². The van der Waals surface area contributed by atoms with Gasteiger partial charge in [0.05, 0.1) is 55.6 Å². The SMILES string of the molecule is Cc1c2c(oc3c(-c4nccn4C)c4c5ccc(-n6c7ccccc7c7cnccc76)c(C)c5n5ccnc5c4c(C)c32)c(-c2nccn2C)c2c3ccc(-n4c5ccccc5c5cnccc54)c(C)c3n3ccnc3c12. The fourth-order valence-corrected chi connectivity index (χ4v) is 13.7. The predicted octanol–water partition coefficient (Wildman–Crippen LogP) is 14.5. The molecule has 17 aromatic rings. The van der Waals surface area contributed by atoms with Crippen molar-refractivity contribution < 1.29 is 4.42 Å². The maximum atomic E-state index is 7.77. The van der Waals surface area contributed by atoms with Gasteiger partial charge in [0, 0.05) is 153 Å². The molecule has 0 radical (unpaired) electrons. The molecule has 0 aliphatic rings. The second-order valence-corrected chi connectivity index (χ2v) is 20.7. The molecule has 0 bridgehead atoms. The van der Waals surface area contributed by atoms with Crippen molar-refractivity contribution in [1.82, 2.24) is 57.0 Å². The monoisotopic (exact) mass is 996 g/mol. The molecule has 0 fully saturated rings. The van der Waals surface area contributed by atoms with E-state index < -0.39 is 0 Å². The van der Waals surface area contributed by atoms with E-state index in [9.17, 15) is 0 Å². The molecule has 17 rings (SSSR count). The molecule has 13 nitrogen and oxygen atoms in total. The van der Waals surface area contributed by atoms with E-state index in [1.54, 1.807) is 0 Å². The largest absolute Gasteiger partial charge is 0.454 e. The van der Waals surface area contributed by atoms with Gasteiger partial charge in [0.15, 0.2) is 0 Å². The third kappa shape index (κ3) is 5.17. The van der Waals surface area contributed by atoms with Crippen molar-refractivity contribution in [2.24, 2.45) is 14.1 Å². The molecule has 0 amide bonds. The van der Waals surface area contributed by atoms with Gasteiger partial charge in [-0.15, -0.1) is 0 Å². The Hall–Kier alpha value is -10.1. The van der Waals surface area contributed by atoms with Crippen LogP contribution in [0.4, 0.5) is 0 Å². The second kappa shape index (κ2) is 14.8. The highest BCUT2D eigenvalue weighted by Gasteiger charge is 2.32. The van der Waals surface area contributed by atoms with Gasteiger partial charge in [-0.25, -0.2) is 19.9 Å². The lowest BCUT2D eigenvalue weighted by Crippen LogP contribution is -2.03. The molecule has 0 unspecified atom stereocenters. The lowest BCUT2D eigenvalue weighted by molar-refractivity contribution is 0.670. The average molecular weight is 997 g/mol. The van der Waals surface area contributed by atoms with Crippen molar-refractivity contribution >= 4 is 120 Å². The van der Waals surface area contributed by atoms with Crippen LogP contribution in [0.1, 0.15) is 22.3 Å². The van der Waals surface area contributed by atoms with Gasteiger partial charge in [-0.2, -0.15) is 0 Å². The average Bonchev–Trinajstić information content (AvgIpc) is 4.53. The van der Waals surface area contributed by atoms with Crippen LogP contribution in [0.25, 0.3) is 154 Å². The third-order valence-electron chi connectivity index (χ3n) is 16.9. The van der Waals surface area contributed by atoms with E-state index in [-0.39, 0.29) is 0 Å². The number of rotatable bonds is 4. The quantitative estimate of drug-likeness (QED) is 0.161. The van der Waals surface area contributed by atoms with Gasteiger partial charge in [0.25, 0.3) is 0 Å². The summed E-state index contributed by atoms with van der Waals surface area (Å²) < 4.78 is 21.3. The molecule has 13 heteroatoms. The molecule has 77 heavy (non-hydrogen) atoms. The predicted molar refractivity (Wildman–Crippen MR) is 309 cm³/mol. The van der Waals surface area contributed by atoms with Gasteiger partial charge in [-0.05, 0) is 86.3 Å². The van der Waals surface area contributed by atoms with Gasteiger partial charge in [-0.1, -0.05) is 48.5 Å². The van der Waals surface area contributed by atoms with Crippen LogP contribution in [0.15, 0.2) is 164 Å². The molecular weight excluding hydrogens is 953 g/mol. The highest BCUT2D eigenvalue weighted by Crippen LogP contribution is 2.53. The van der Waals surface area contributed by atoms with Crippen molar-refractivity contribution in [2.75, 3.05) is 0 Å². The Labute approximate surface area is 437 Å². The van der Waals surface area contributed by atoms with E-state index in [1.165, 1.54) is 0 Å². The summed E-state index contributed by atoms with van der Waals surface area (Å²) in [6.07, 6.45) is 23.5. The van der Waals surface area contributed by atoms with Crippen LogP contribution >= 0.6 is 0 Å². The number of aryl methyl sites for hydroxylation is 6. The van der Waals surface area contributed by atoms with Gasteiger partial charge in [-0.3, -0.25) is 18.8 Å². The third-order valence-corrected chi connectivity index (χ3v) is 16.9. The Balaban J connectivity index is 1.05. The zero-order chi connectivity index (χ0) is 51.3. The van der Waals surface area contributed by atoms with Gasteiger partial charge in [0.2, 0.25) is 0 Å². The number of aromatic nitrogens is 12. The lowest BCUT2D eigenvalue weighted by atomic mass is 9.88. The zero-order valence-electron chi connectivity index (χ0n) is 42.8. The highest BCUT2D eigenvalue weighted by atomic mass is 16.3. The van der Waals surface area contributed by atoms with Crippen LogP contribution in [-0.2, 0) is 14.1 Å². The summed E-state index contributed by atoms with van der Waals surface area (Å²) in [4.78, 5) is 29.9. The van der Waals surface area contributed by atoms with E-state index in [4.69, 9.17) is 24.4 Å². The van der Waals surface area contributed by atoms with Crippen LogP contribution in [0, 0.1) is 27.7 Å². The summed E-state index contributed by atoms with van der Waals surface area (Å²) in [5, 5.41) is 12.8. The number of benzene rings is 6. The number of hydrogen-bond donors (Lipinski definition) is 0. The van der Waals surface area contributed by atoms with Gasteiger partial charge >= 0.3 is 0 Å². The van der Waals surface area contributed by atoms with Crippen molar-refractivity contribution in [2.45, 2.75) is 27.7 Å². The Morgan fingerprint density at radius 2 is 0.805 bits per heavy atom. The first-order valence-electron chi connectivity index (χ1n) is 25.9. The number of fused-ring (bicyclic) bond motifs is 21. The first kappa shape index (κ1) is 42.2. The molecular formula is C64H44N12O. The molecule has 0 atom stereocenters. The molecule has 366 valence electrons. The molecule has 11 heterocycles. The number of imidazole rings is 4. The highest BCUT2D eigenvalue weighted by molar-refractivity contribution is 6.34. The summed E-state index contributed by atoms with van der Waals surface area (Å²) in [6, 6.07) is 30.5. The van der Waals surface area contributed by atoms with Crippen molar-refractivity contribution in [1.29, 1.82) is 0 Å². The Morgan fingerprint density at radius 1 is 0.377 bits per heavy atom. The standard InChI is InChI=1S/C64H44N12O/c1-33-43(75-45-13-9-7-11-37(45)41-31-65-21-19-47(41)75)17-15-39-53-51(63-69-25-29-73(63)57(33)39)35(3)49-50-36(4)52-54(56(62-68-24-28-72(62)6)60(50)77-59(49)55(53)61-67-23-27-71(61)5)40-16-18-44(34(2)58(40)74-30-26-70-64(52)74)76-46-14-10-8-12-38(46)42-32-66-22-20-48(42)76/h7-32H,1-6H3. The number of nitrogens with zero attached hydrogens (tertiary/aromatic N) is 12. The minimum absolute atomic E-state index is 0.755. The maximum absolute atomic E-state index is 7.77. The number of furan rings is 1. The van der Waals surface area contributed by atoms with Crippen molar-refractivity contribution in [3.8, 4) is 34.2 Å². The van der Waals surface area contributed by atoms with E-state index in [2.05, 4.69) is 176 Å². The van der Waals surface area contributed by atoms with Crippen LogP contribution in [0.2, 0.25) is 0 Å². The fourth-order valence-electron chi connectivity index (χ4n) is 13.7. The molecule has 6 aromatic carbocycles. The van der Waals surface area contributed by atoms with Crippen LogP contribution in [0.3, 0.4) is 0 Å². The maximum Gasteiger partial charge on any atom is 0.147 e. The molecule has 0 saturated heterocycles. The van der Waals surface area contributed by atoms with E-state index in [0.29, 0.717) is 0 Å². The smallest absolute Gasteiger partial charge is 0.147 e. The molecule has 11 aromatic heterocycles. The summed E-state index contributed by atoms with van der Waals surface area (Å²) in [6.45, 7) is 8.94. The normalized spacial score (nSPS) is 12.5. The minimum atomic E-state index is 0.755. The molecule has 0 saturated carbocycles. The lowest BCUT2D eigenvalue weighted by Gasteiger charge is -2.20. The summed E-state index contributed by atoms with van der Waals surface area (Å²) >= 11 is 0. The van der Waals surface area contributed by atoms with Crippen molar-refractivity contribution in [3.63, 3.8) is 0 Å². The fraction of sp³-hybridized carbons (Fsp3) is 0.0938. The van der Waals surface area contributed by atoms with Crippen LogP contribution < -0.4 is 0 Å². The van der Waals surface area contributed by atoms with Crippen molar-refractivity contribution in [3.05, 3.63) is 182 Å². The Bertz CT molecular complexity index is 5050. The Morgan fingerprint density at radius 3 is 1.25 bits per heavy atom. The van der Waals surface area contributed by atoms with Gasteiger partial charge in [0.1, 0.15) is 34.1 Å². The van der Waals surface area contributed by atoms with Crippen LogP contribution in [0.5, 0.6) is 0 Å². The Kier molecular flexibility index (Phi) is 8.11. The molecule has 0 N–H and O–H groups in total. The summed E-state index contributed by atoms with van der Waals surface area (Å²) in [7, 11) is 4.12. The zero-order valence-corrected chi connectivity index (χ0v) is 42.8. The van der Waals surface area contributed by atoms with Crippen LogP contribution in [-0.4, -0.2) is 57.0 Å². The molecule has 0 spiro atoms. The van der Waals surface area contributed by atoms with E-state index in [1.807, 2.05) is 62.0 Å². The number of hydrogen-bond acceptors (Lipinski definition) is 7. The minimum Gasteiger partial charge on any atom is -0.454 e. The van der Waals surface area contributed by atoms with E-state index >= 15 is 0 Å².